The molecular weight excluding hydrogens is 353 g/mol. The molecule has 0 saturated carbocycles. The van der Waals surface area contributed by atoms with E-state index in [1.165, 1.54) is 0 Å². The van der Waals surface area contributed by atoms with Crippen LogP contribution in [0.4, 0.5) is 26.3 Å². The second-order valence-electron chi connectivity index (χ2n) is 3.14. The average Bonchev–Trinajstić information content (AvgIpc) is 2.16. The van der Waals surface area contributed by atoms with E-state index in [1.54, 1.807) is 0 Å². The zero-order valence-electron chi connectivity index (χ0n) is 8.24. The fraction of sp³-hybridized carbons (Fsp3) is 0.333. The minimum absolute atomic E-state index is 0.318. The summed E-state index contributed by atoms with van der Waals surface area (Å²) in [7, 11) is 0. The van der Waals surface area contributed by atoms with E-state index in [9.17, 15) is 26.3 Å². The van der Waals surface area contributed by atoms with Crippen molar-refractivity contribution in [1.29, 1.82) is 0 Å². The molecule has 0 fully saturated rings. The molecule has 1 aromatic rings. The van der Waals surface area contributed by atoms with E-state index in [0.717, 1.165) is 18.2 Å². The van der Waals surface area contributed by atoms with Crippen LogP contribution in [0.1, 0.15) is 10.4 Å². The summed E-state index contributed by atoms with van der Waals surface area (Å²) in [4.78, 5) is -2.01. The Labute approximate surface area is 111 Å². The van der Waals surface area contributed by atoms with Gasteiger partial charge in [-0.1, -0.05) is 33.6 Å². The van der Waals surface area contributed by atoms with Gasteiger partial charge in [-0.15, -0.1) is 13.2 Å². The Balaban J connectivity index is 3.00. The first-order chi connectivity index (χ1) is 8.00. The number of halogens is 8. The van der Waals surface area contributed by atoms with E-state index in [0.29, 0.717) is 0 Å². The lowest BCUT2D eigenvalue weighted by molar-refractivity contribution is -0.274. The third kappa shape index (κ3) is 4.24. The topological polar surface area (TPSA) is 9.23 Å². The molecule has 0 amide bonds. The summed E-state index contributed by atoms with van der Waals surface area (Å²) in [5.41, 5.74) is -0.318. The van der Waals surface area contributed by atoms with Crippen LogP contribution in [0.5, 0.6) is 5.75 Å². The van der Waals surface area contributed by atoms with Gasteiger partial charge in [0.1, 0.15) is 10.6 Å². The van der Waals surface area contributed by atoms with E-state index in [4.69, 9.17) is 11.6 Å². The second-order valence-corrected chi connectivity index (χ2v) is 4.46. The van der Waals surface area contributed by atoms with Crippen molar-refractivity contribution in [3.8, 4) is 5.75 Å². The van der Waals surface area contributed by atoms with Gasteiger partial charge in [-0.2, -0.15) is 13.2 Å². The Kier molecular flexibility index (Phi) is 4.42. The summed E-state index contributed by atoms with van der Waals surface area (Å²) < 4.78 is 76.2. The molecule has 18 heavy (non-hydrogen) atoms. The summed E-state index contributed by atoms with van der Waals surface area (Å²) >= 11 is 7.80. The van der Waals surface area contributed by atoms with Gasteiger partial charge < -0.3 is 4.74 Å². The molecule has 0 heterocycles. The normalized spacial score (nSPS) is 14.4. The fourth-order valence-corrected chi connectivity index (χ4v) is 1.58. The van der Waals surface area contributed by atoms with E-state index in [2.05, 4.69) is 20.7 Å². The average molecular weight is 357 g/mol. The quantitative estimate of drug-likeness (QED) is 0.520. The van der Waals surface area contributed by atoms with Gasteiger partial charge in [0, 0.05) is 0 Å². The highest BCUT2D eigenvalue weighted by Gasteiger charge is 2.39. The third-order valence-electron chi connectivity index (χ3n) is 1.76. The van der Waals surface area contributed by atoms with Gasteiger partial charge in [0.15, 0.2) is 0 Å². The summed E-state index contributed by atoms with van der Waals surface area (Å²) in [5, 5.41) is -0.557. The standard InChI is InChI=1S/C9H4BrClF6O/c10-7(8(12,13)14)4-1-2-6(5(11)3-4)18-9(15,16)17/h1-3,7H. The maximum atomic E-state index is 12.3. The predicted molar refractivity (Wildman–Crippen MR) is 55.9 cm³/mol. The van der Waals surface area contributed by atoms with Crippen LogP contribution in [-0.4, -0.2) is 12.5 Å². The minimum atomic E-state index is -4.96. The summed E-state index contributed by atoms with van der Waals surface area (Å²) in [5.74, 6) is -0.755. The molecule has 0 aliphatic rings. The molecule has 0 radical (unpaired) electrons. The molecule has 0 bridgehead atoms. The number of alkyl halides is 7. The van der Waals surface area contributed by atoms with Crippen molar-refractivity contribution >= 4 is 27.5 Å². The molecule has 9 heteroatoms. The van der Waals surface area contributed by atoms with Crippen molar-refractivity contribution in [3.05, 3.63) is 28.8 Å². The molecule has 0 spiro atoms. The van der Waals surface area contributed by atoms with E-state index in [-0.39, 0.29) is 5.56 Å². The lowest BCUT2D eigenvalue weighted by atomic mass is 10.1. The SMILES string of the molecule is FC(F)(F)Oc1ccc(C(Br)C(F)(F)F)cc1Cl. The van der Waals surface area contributed by atoms with Crippen LogP contribution in [0.3, 0.4) is 0 Å². The van der Waals surface area contributed by atoms with Crippen LogP contribution in [0.15, 0.2) is 18.2 Å². The summed E-state index contributed by atoms with van der Waals surface area (Å²) in [6.45, 7) is 0. The van der Waals surface area contributed by atoms with Gasteiger partial charge in [-0.05, 0) is 17.7 Å². The largest absolute Gasteiger partial charge is 0.573 e. The van der Waals surface area contributed by atoms with E-state index in [1.807, 2.05) is 0 Å². The van der Waals surface area contributed by atoms with Crippen molar-refractivity contribution < 1.29 is 31.1 Å². The number of hydrogen-bond acceptors (Lipinski definition) is 1. The van der Waals surface area contributed by atoms with E-state index < -0.39 is 28.1 Å². The fourth-order valence-electron chi connectivity index (χ4n) is 1.07. The maximum absolute atomic E-state index is 12.3. The van der Waals surface area contributed by atoms with Crippen molar-refractivity contribution in [3.63, 3.8) is 0 Å². The van der Waals surface area contributed by atoms with Crippen LogP contribution in [0.25, 0.3) is 0 Å². The Hall–Kier alpha value is -0.630. The highest BCUT2D eigenvalue weighted by Crippen LogP contribution is 2.42. The first-order valence-corrected chi connectivity index (χ1v) is 5.56. The van der Waals surface area contributed by atoms with Crippen molar-refractivity contribution in [2.24, 2.45) is 0 Å². The van der Waals surface area contributed by atoms with Gasteiger partial charge in [-0.25, -0.2) is 0 Å². The Bertz CT molecular complexity index is 430. The Morgan fingerprint density at radius 2 is 1.67 bits per heavy atom. The summed E-state index contributed by atoms with van der Waals surface area (Å²) in [6.07, 6.45) is -9.53. The summed E-state index contributed by atoms with van der Waals surface area (Å²) in [6, 6.07) is 2.33. The molecule has 1 atom stereocenters. The molecule has 1 rings (SSSR count). The lowest BCUT2D eigenvalue weighted by Gasteiger charge is -2.16. The van der Waals surface area contributed by atoms with Crippen LogP contribution < -0.4 is 4.74 Å². The van der Waals surface area contributed by atoms with Crippen molar-refractivity contribution in [2.75, 3.05) is 0 Å². The van der Waals surface area contributed by atoms with E-state index >= 15 is 0 Å². The molecule has 1 nitrogen and oxygen atoms in total. The number of rotatable bonds is 2. The predicted octanol–water partition coefficient (Wildman–Crippen LogP) is 5.24. The number of hydrogen-bond donors (Lipinski definition) is 0. The first-order valence-electron chi connectivity index (χ1n) is 4.26. The van der Waals surface area contributed by atoms with Crippen LogP contribution in [-0.2, 0) is 0 Å². The molecule has 0 saturated heterocycles. The Morgan fingerprint density at radius 3 is 2.06 bits per heavy atom. The lowest BCUT2D eigenvalue weighted by Crippen LogP contribution is -2.18. The Morgan fingerprint density at radius 1 is 1.11 bits per heavy atom. The zero-order chi connectivity index (χ0) is 14.1. The van der Waals surface area contributed by atoms with Gasteiger partial charge in [0.2, 0.25) is 0 Å². The maximum Gasteiger partial charge on any atom is 0.573 e. The number of ether oxygens (including phenoxy) is 1. The zero-order valence-corrected chi connectivity index (χ0v) is 10.6. The highest BCUT2D eigenvalue weighted by molar-refractivity contribution is 9.09. The molecule has 102 valence electrons. The second kappa shape index (κ2) is 5.16. The smallest absolute Gasteiger partial charge is 0.404 e. The molecule has 0 aliphatic heterocycles. The molecular formula is C9H4BrClF6O. The molecule has 0 N–H and O–H groups in total. The van der Waals surface area contributed by atoms with Crippen LogP contribution >= 0.6 is 27.5 Å². The highest BCUT2D eigenvalue weighted by atomic mass is 79.9. The van der Waals surface area contributed by atoms with Crippen LogP contribution in [0, 0.1) is 0 Å². The van der Waals surface area contributed by atoms with Crippen molar-refractivity contribution in [2.45, 2.75) is 17.4 Å². The third-order valence-corrected chi connectivity index (χ3v) is 3.10. The van der Waals surface area contributed by atoms with Gasteiger partial charge >= 0.3 is 12.5 Å². The molecule has 0 aliphatic carbocycles. The van der Waals surface area contributed by atoms with Crippen molar-refractivity contribution in [1.82, 2.24) is 0 Å². The first kappa shape index (κ1) is 15.4. The van der Waals surface area contributed by atoms with Gasteiger partial charge in [0.05, 0.1) is 5.02 Å². The van der Waals surface area contributed by atoms with Crippen LogP contribution in [0.2, 0.25) is 5.02 Å². The molecule has 0 aromatic heterocycles. The molecule has 1 aromatic carbocycles. The van der Waals surface area contributed by atoms with Gasteiger partial charge in [-0.3, -0.25) is 0 Å². The number of benzene rings is 1. The molecule has 1 unspecified atom stereocenters. The minimum Gasteiger partial charge on any atom is -0.404 e. The monoisotopic (exact) mass is 356 g/mol. The van der Waals surface area contributed by atoms with Gasteiger partial charge in [0.25, 0.3) is 0 Å².